The van der Waals surface area contributed by atoms with Crippen LogP contribution in [0.3, 0.4) is 0 Å². The predicted molar refractivity (Wildman–Crippen MR) is 55.5 cm³/mol. The Kier molecular flexibility index (Phi) is 3.17. The van der Waals surface area contributed by atoms with Crippen LogP contribution >= 0.6 is 12.4 Å². The molecule has 3 heteroatoms. The van der Waals surface area contributed by atoms with Gasteiger partial charge in [-0.3, -0.25) is 0 Å². The van der Waals surface area contributed by atoms with Crippen LogP contribution in [0.1, 0.15) is 24.1 Å². The summed E-state index contributed by atoms with van der Waals surface area (Å²) in [6, 6.07) is 6.05. The molecule has 0 saturated heterocycles. The molecule has 2 N–H and O–H groups in total. The molecular formula is C10H14ClNO. The van der Waals surface area contributed by atoms with E-state index in [0.717, 1.165) is 13.0 Å². The third-order valence-electron chi connectivity index (χ3n) is 2.44. The molecule has 0 aromatic heterocycles. The van der Waals surface area contributed by atoms with Gasteiger partial charge in [-0.2, -0.15) is 0 Å². The molecule has 0 amide bonds. The summed E-state index contributed by atoms with van der Waals surface area (Å²) in [4.78, 5) is 0. The molecule has 0 aliphatic carbocycles. The van der Waals surface area contributed by atoms with E-state index in [0.29, 0.717) is 11.8 Å². The zero-order valence-corrected chi connectivity index (χ0v) is 8.40. The summed E-state index contributed by atoms with van der Waals surface area (Å²) in [5.74, 6) is 0.378. The fourth-order valence-electron chi connectivity index (χ4n) is 1.76. The lowest BCUT2D eigenvalue weighted by Gasteiger charge is -2.23. The first kappa shape index (κ1) is 10.4. The summed E-state index contributed by atoms with van der Waals surface area (Å²) in [7, 11) is 0. The van der Waals surface area contributed by atoms with Gasteiger partial charge in [-0.25, -0.2) is 0 Å². The number of hydrogen-bond acceptors (Lipinski definition) is 2. The topological polar surface area (TPSA) is 32.3 Å². The Morgan fingerprint density at radius 1 is 1.46 bits per heavy atom. The lowest BCUT2D eigenvalue weighted by atomic mass is 9.95. The fraction of sp³-hybridized carbons (Fsp3) is 0.400. The summed E-state index contributed by atoms with van der Waals surface area (Å²) in [6.07, 6.45) is 1.02. The Morgan fingerprint density at radius 3 is 3.00 bits per heavy atom. The zero-order valence-electron chi connectivity index (χ0n) is 7.58. The van der Waals surface area contributed by atoms with Crippen molar-refractivity contribution in [1.82, 2.24) is 5.32 Å². The number of nitrogens with one attached hydrogen (secondary N) is 1. The minimum Gasteiger partial charge on any atom is -0.508 e. The van der Waals surface area contributed by atoms with Gasteiger partial charge in [0, 0.05) is 6.04 Å². The van der Waals surface area contributed by atoms with Gasteiger partial charge in [0.1, 0.15) is 5.75 Å². The Morgan fingerprint density at radius 2 is 2.23 bits per heavy atom. The van der Waals surface area contributed by atoms with Gasteiger partial charge in [0.05, 0.1) is 0 Å². The Hall–Kier alpha value is -0.730. The largest absolute Gasteiger partial charge is 0.508 e. The molecule has 2 nitrogen and oxygen atoms in total. The van der Waals surface area contributed by atoms with E-state index in [1.165, 1.54) is 11.1 Å². The van der Waals surface area contributed by atoms with Crippen molar-refractivity contribution in [2.45, 2.75) is 19.4 Å². The molecule has 1 atom stereocenters. The molecule has 0 spiro atoms. The number of fused-ring (bicyclic) bond motifs is 1. The molecule has 1 aliphatic rings. The van der Waals surface area contributed by atoms with Crippen molar-refractivity contribution in [3.05, 3.63) is 29.3 Å². The van der Waals surface area contributed by atoms with Crippen molar-refractivity contribution < 1.29 is 5.11 Å². The van der Waals surface area contributed by atoms with Crippen molar-refractivity contribution in [1.29, 1.82) is 0 Å². The molecule has 1 heterocycles. The monoisotopic (exact) mass is 199 g/mol. The molecular weight excluding hydrogens is 186 g/mol. The van der Waals surface area contributed by atoms with Gasteiger partial charge in [-0.15, -0.1) is 12.4 Å². The average molecular weight is 200 g/mol. The van der Waals surface area contributed by atoms with Gasteiger partial charge in [-0.05, 0) is 43.1 Å². The Labute approximate surface area is 84.4 Å². The predicted octanol–water partition coefficient (Wildman–Crippen LogP) is 2.02. The second kappa shape index (κ2) is 3.99. The van der Waals surface area contributed by atoms with Crippen LogP contribution in [-0.4, -0.2) is 11.7 Å². The number of benzene rings is 1. The first-order valence-corrected chi connectivity index (χ1v) is 4.32. The van der Waals surface area contributed by atoms with E-state index in [-0.39, 0.29) is 12.4 Å². The first-order chi connectivity index (χ1) is 5.77. The SMILES string of the molecule is CC1NCCc2cc(O)ccc21.Cl. The maximum absolute atomic E-state index is 9.25. The summed E-state index contributed by atoms with van der Waals surface area (Å²) in [5.41, 5.74) is 2.60. The molecule has 0 bridgehead atoms. The average Bonchev–Trinajstić information content (AvgIpc) is 2.04. The van der Waals surface area contributed by atoms with Gasteiger partial charge in [0.25, 0.3) is 0 Å². The highest BCUT2D eigenvalue weighted by Crippen LogP contribution is 2.25. The van der Waals surface area contributed by atoms with E-state index < -0.39 is 0 Å². The maximum atomic E-state index is 9.25. The summed E-state index contributed by atoms with van der Waals surface area (Å²) < 4.78 is 0. The number of halogens is 1. The highest BCUT2D eigenvalue weighted by Gasteiger charge is 2.14. The lowest BCUT2D eigenvalue weighted by Crippen LogP contribution is -2.27. The third-order valence-corrected chi connectivity index (χ3v) is 2.44. The normalized spacial score (nSPS) is 20.2. The van der Waals surface area contributed by atoms with Crippen LogP contribution < -0.4 is 5.32 Å². The van der Waals surface area contributed by atoms with Crippen LogP contribution in [0, 0.1) is 0 Å². The first-order valence-electron chi connectivity index (χ1n) is 4.32. The second-order valence-electron chi connectivity index (χ2n) is 3.31. The van der Waals surface area contributed by atoms with Crippen LogP contribution in [0.25, 0.3) is 0 Å². The smallest absolute Gasteiger partial charge is 0.115 e. The van der Waals surface area contributed by atoms with Crippen LogP contribution in [0.2, 0.25) is 0 Å². The van der Waals surface area contributed by atoms with E-state index in [1.807, 2.05) is 12.1 Å². The molecule has 1 aromatic carbocycles. The number of phenols is 1. The number of phenolic OH excluding ortho intramolecular Hbond substituents is 1. The van der Waals surface area contributed by atoms with Crippen molar-refractivity contribution in [2.24, 2.45) is 0 Å². The van der Waals surface area contributed by atoms with E-state index in [1.54, 1.807) is 6.07 Å². The van der Waals surface area contributed by atoms with Gasteiger partial charge in [0.15, 0.2) is 0 Å². The Bertz CT molecular complexity index is 301. The molecule has 72 valence electrons. The van der Waals surface area contributed by atoms with E-state index in [2.05, 4.69) is 12.2 Å². The molecule has 1 aromatic rings. The zero-order chi connectivity index (χ0) is 8.55. The molecule has 1 unspecified atom stereocenters. The summed E-state index contributed by atoms with van der Waals surface area (Å²) >= 11 is 0. The number of aromatic hydroxyl groups is 1. The molecule has 0 saturated carbocycles. The maximum Gasteiger partial charge on any atom is 0.115 e. The van der Waals surface area contributed by atoms with Gasteiger partial charge in [-0.1, -0.05) is 6.07 Å². The van der Waals surface area contributed by atoms with Crippen molar-refractivity contribution in [3.8, 4) is 5.75 Å². The van der Waals surface area contributed by atoms with Gasteiger partial charge >= 0.3 is 0 Å². The second-order valence-corrected chi connectivity index (χ2v) is 3.31. The lowest BCUT2D eigenvalue weighted by molar-refractivity contribution is 0.470. The molecule has 0 radical (unpaired) electrons. The molecule has 1 aliphatic heterocycles. The minimum atomic E-state index is 0. The molecule has 0 fully saturated rings. The van der Waals surface area contributed by atoms with Crippen LogP contribution in [0.4, 0.5) is 0 Å². The standard InChI is InChI=1S/C10H13NO.ClH/c1-7-10-3-2-9(12)6-8(10)4-5-11-7;/h2-3,6-7,11-12H,4-5H2,1H3;1H. The van der Waals surface area contributed by atoms with Gasteiger partial charge in [0.2, 0.25) is 0 Å². The number of hydrogen-bond donors (Lipinski definition) is 2. The molecule has 2 rings (SSSR count). The van der Waals surface area contributed by atoms with E-state index in [9.17, 15) is 5.11 Å². The van der Waals surface area contributed by atoms with Crippen molar-refractivity contribution >= 4 is 12.4 Å². The van der Waals surface area contributed by atoms with Crippen LogP contribution in [-0.2, 0) is 6.42 Å². The quantitative estimate of drug-likeness (QED) is 0.670. The summed E-state index contributed by atoms with van der Waals surface area (Å²) in [6.45, 7) is 3.16. The van der Waals surface area contributed by atoms with Crippen molar-refractivity contribution in [3.63, 3.8) is 0 Å². The third kappa shape index (κ3) is 1.95. The highest BCUT2D eigenvalue weighted by atomic mass is 35.5. The van der Waals surface area contributed by atoms with Crippen LogP contribution in [0.15, 0.2) is 18.2 Å². The fourth-order valence-corrected chi connectivity index (χ4v) is 1.76. The van der Waals surface area contributed by atoms with E-state index in [4.69, 9.17) is 0 Å². The minimum absolute atomic E-state index is 0. The van der Waals surface area contributed by atoms with Crippen LogP contribution in [0.5, 0.6) is 5.75 Å². The molecule has 13 heavy (non-hydrogen) atoms. The highest BCUT2D eigenvalue weighted by molar-refractivity contribution is 5.85. The van der Waals surface area contributed by atoms with Crippen molar-refractivity contribution in [2.75, 3.05) is 6.54 Å². The van der Waals surface area contributed by atoms with Gasteiger partial charge < -0.3 is 10.4 Å². The number of rotatable bonds is 0. The Balaban J connectivity index is 0.000000845. The summed E-state index contributed by atoms with van der Waals surface area (Å²) in [5, 5.41) is 12.6. The van der Waals surface area contributed by atoms with E-state index >= 15 is 0 Å².